The van der Waals surface area contributed by atoms with E-state index < -0.39 is 28.7 Å². The van der Waals surface area contributed by atoms with Crippen molar-refractivity contribution in [1.29, 1.82) is 0 Å². The number of methoxy groups -OCH3 is 1. The van der Waals surface area contributed by atoms with Gasteiger partial charge in [0.1, 0.15) is 11.8 Å². The van der Waals surface area contributed by atoms with E-state index in [0.29, 0.717) is 30.8 Å². The number of hydrogen-bond donors (Lipinski definition) is 3. The molecule has 7 atom stereocenters. The molecule has 3 fully saturated rings. The highest BCUT2D eigenvalue weighted by molar-refractivity contribution is 9.09. The molecule has 6 rings (SSSR count). The van der Waals surface area contributed by atoms with Crippen molar-refractivity contribution in [3.8, 4) is 5.75 Å². The Morgan fingerprint density at radius 2 is 1.67 bits per heavy atom. The highest BCUT2D eigenvalue weighted by Gasteiger charge is 2.76. The first-order valence-corrected chi connectivity index (χ1v) is 16.2. The van der Waals surface area contributed by atoms with Gasteiger partial charge in [0.2, 0.25) is 17.7 Å². The number of aliphatic hydroxyl groups excluding tert-OH is 1. The van der Waals surface area contributed by atoms with Crippen molar-refractivity contribution >= 4 is 51.1 Å². The SMILES string of the molecule is COc1ccc(NC(=O)C2N([C@@H](CO)Cc3ccccc3)C(=O)[C@@H]3[C@H](C(=O)NCc4ccccc4)[C@H]4SC23CC4Br)cc1. The smallest absolute Gasteiger partial charge is 0.248 e. The van der Waals surface area contributed by atoms with Crippen LogP contribution in [-0.4, -0.2) is 68.4 Å². The number of ether oxygens (including phenoxy) is 1. The minimum atomic E-state index is -0.880. The van der Waals surface area contributed by atoms with E-state index in [4.69, 9.17) is 4.74 Å². The molecule has 3 saturated heterocycles. The van der Waals surface area contributed by atoms with E-state index in [1.54, 1.807) is 48.0 Å². The number of nitrogens with one attached hydrogen (secondary N) is 2. The lowest BCUT2D eigenvalue weighted by Gasteiger charge is -2.37. The fourth-order valence-corrected chi connectivity index (χ4v) is 10.6. The number of amides is 3. The van der Waals surface area contributed by atoms with Gasteiger partial charge in [-0.15, -0.1) is 11.8 Å². The van der Waals surface area contributed by atoms with Crippen LogP contribution in [0.3, 0.4) is 0 Å². The van der Waals surface area contributed by atoms with E-state index in [0.717, 1.165) is 11.1 Å². The normalized spacial score (nSPS) is 27.9. The first-order valence-electron chi connectivity index (χ1n) is 14.4. The Bertz CT molecular complexity index is 1480. The van der Waals surface area contributed by atoms with Gasteiger partial charge in [0.25, 0.3) is 0 Å². The minimum Gasteiger partial charge on any atom is -0.497 e. The summed E-state index contributed by atoms with van der Waals surface area (Å²) in [6, 6.07) is 24.8. The van der Waals surface area contributed by atoms with Crippen molar-refractivity contribution in [3.63, 3.8) is 0 Å². The maximum Gasteiger partial charge on any atom is 0.248 e. The number of carbonyl (C=O) groups excluding carboxylic acids is 3. The van der Waals surface area contributed by atoms with Crippen LogP contribution < -0.4 is 15.4 Å². The van der Waals surface area contributed by atoms with Gasteiger partial charge in [0.05, 0.1) is 36.3 Å². The highest BCUT2D eigenvalue weighted by Crippen LogP contribution is 2.68. The van der Waals surface area contributed by atoms with Gasteiger partial charge in [-0.05, 0) is 48.2 Å². The molecule has 3 amide bonds. The third kappa shape index (κ3) is 5.45. The first kappa shape index (κ1) is 29.7. The summed E-state index contributed by atoms with van der Waals surface area (Å²) < 4.78 is 4.43. The van der Waals surface area contributed by atoms with Crippen LogP contribution in [0.15, 0.2) is 84.9 Å². The third-order valence-corrected chi connectivity index (χ3v) is 12.1. The molecule has 0 saturated carbocycles. The Morgan fingerprint density at radius 3 is 2.30 bits per heavy atom. The van der Waals surface area contributed by atoms with Crippen LogP contribution >= 0.6 is 27.7 Å². The zero-order chi connectivity index (χ0) is 30.1. The largest absolute Gasteiger partial charge is 0.497 e. The van der Waals surface area contributed by atoms with E-state index >= 15 is 0 Å². The van der Waals surface area contributed by atoms with Crippen molar-refractivity contribution in [3.05, 3.63) is 96.1 Å². The molecule has 0 radical (unpaired) electrons. The molecule has 1 spiro atoms. The molecule has 43 heavy (non-hydrogen) atoms. The lowest BCUT2D eigenvalue weighted by atomic mass is 9.70. The lowest BCUT2D eigenvalue weighted by Crippen LogP contribution is -2.55. The van der Waals surface area contributed by atoms with E-state index in [2.05, 4.69) is 26.6 Å². The number of alkyl halides is 1. The molecule has 3 N–H and O–H groups in total. The minimum absolute atomic E-state index is 0.0491. The molecule has 3 aliphatic heterocycles. The molecule has 3 aliphatic rings. The summed E-state index contributed by atoms with van der Waals surface area (Å²) in [5, 5.41) is 16.6. The fourth-order valence-electron chi connectivity index (χ4n) is 6.98. The Morgan fingerprint density at radius 1 is 1.02 bits per heavy atom. The second-order valence-electron chi connectivity index (χ2n) is 11.4. The van der Waals surface area contributed by atoms with Crippen molar-refractivity contribution in [2.75, 3.05) is 19.0 Å². The summed E-state index contributed by atoms with van der Waals surface area (Å²) in [4.78, 5) is 44.2. The van der Waals surface area contributed by atoms with Crippen molar-refractivity contribution in [2.24, 2.45) is 11.8 Å². The number of halogens is 1. The molecule has 224 valence electrons. The Labute approximate surface area is 263 Å². The van der Waals surface area contributed by atoms with Crippen LogP contribution in [0, 0.1) is 11.8 Å². The van der Waals surface area contributed by atoms with Gasteiger partial charge in [-0.2, -0.15) is 0 Å². The molecule has 3 aromatic rings. The predicted molar refractivity (Wildman–Crippen MR) is 170 cm³/mol. The quantitative estimate of drug-likeness (QED) is 0.283. The van der Waals surface area contributed by atoms with E-state index in [1.165, 1.54) is 0 Å². The maximum atomic E-state index is 14.5. The summed E-state index contributed by atoms with van der Waals surface area (Å²) in [7, 11) is 1.58. The number of carbonyl (C=O) groups is 3. The molecule has 3 aromatic carbocycles. The van der Waals surface area contributed by atoms with Crippen molar-refractivity contribution in [2.45, 2.75) is 46.3 Å². The molecule has 2 bridgehead atoms. The van der Waals surface area contributed by atoms with Gasteiger partial charge in [-0.3, -0.25) is 14.4 Å². The zero-order valence-corrected chi connectivity index (χ0v) is 26.1. The summed E-state index contributed by atoms with van der Waals surface area (Å²) >= 11 is 5.39. The van der Waals surface area contributed by atoms with Gasteiger partial charge in [0.15, 0.2) is 0 Å². The number of thioether (sulfide) groups is 1. The highest BCUT2D eigenvalue weighted by atomic mass is 79.9. The first-order chi connectivity index (χ1) is 20.9. The van der Waals surface area contributed by atoms with Gasteiger partial charge in [-0.1, -0.05) is 76.6 Å². The Kier molecular flexibility index (Phi) is 8.53. The lowest BCUT2D eigenvalue weighted by molar-refractivity contribution is -0.142. The topological polar surface area (TPSA) is 108 Å². The van der Waals surface area contributed by atoms with Crippen LogP contribution in [0.1, 0.15) is 17.5 Å². The summed E-state index contributed by atoms with van der Waals surface area (Å²) in [6.07, 6.45) is 0.941. The summed E-state index contributed by atoms with van der Waals surface area (Å²) in [5.41, 5.74) is 2.49. The molecule has 0 aliphatic carbocycles. The molecule has 0 aromatic heterocycles. The third-order valence-electron chi connectivity index (χ3n) is 8.86. The number of anilines is 1. The van der Waals surface area contributed by atoms with E-state index in [1.807, 2.05) is 60.7 Å². The van der Waals surface area contributed by atoms with Gasteiger partial charge in [0, 0.05) is 22.3 Å². The van der Waals surface area contributed by atoms with Crippen LogP contribution in [0.4, 0.5) is 5.69 Å². The summed E-state index contributed by atoms with van der Waals surface area (Å²) in [5.74, 6) is -1.41. The van der Waals surface area contributed by atoms with Crippen LogP contribution in [0.5, 0.6) is 5.75 Å². The molecule has 3 unspecified atom stereocenters. The average Bonchev–Trinajstić information content (AvgIpc) is 3.63. The average molecular weight is 665 g/mol. The van der Waals surface area contributed by atoms with E-state index in [-0.39, 0.29) is 34.4 Å². The molecule has 8 nitrogen and oxygen atoms in total. The van der Waals surface area contributed by atoms with E-state index in [9.17, 15) is 19.5 Å². The van der Waals surface area contributed by atoms with Crippen LogP contribution in [-0.2, 0) is 27.3 Å². The number of nitrogens with zero attached hydrogens (tertiary/aromatic N) is 1. The molecule has 3 heterocycles. The maximum absolute atomic E-state index is 14.5. The standard InChI is InChI=1S/C33H34BrN3O5S/c1-42-24-14-12-22(13-15-24)36-31(40)29-33-17-25(34)28(43-33)26(30(39)35-18-21-10-6-3-7-11-21)27(33)32(41)37(29)23(19-38)16-20-8-4-2-5-9-20/h2-15,23,25-29,38H,16-19H2,1H3,(H,35,39)(H,36,40)/t23-,25?,26+,27+,28+,29?,33?/m1/s1. The number of aliphatic hydroxyl groups is 1. The van der Waals surface area contributed by atoms with Crippen molar-refractivity contribution in [1.82, 2.24) is 10.2 Å². The predicted octanol–water partition coefficient (Wildman–Crippen LogP) is 4.02. The monoisotopic (exact) mass is 663 g/mol. The number of fused-ring (bicyclic) bond motifs is 1. The second-order valence-corrected chi connectivity index (χ2v) is 14.1. The Hall–Kier alpha value is -3.34. The number of likely N-dealkylation sites (tertiary alicyclic amines) is 1. The van der Waals surface area contributed by atoms with Crippen LogP contribution in [0.25, 0.3) is 0 Å². The second kappa shape index (κ2) is 12.3. The molecular formula is C33H34BrN3O5S. The molecular weight excluding hydrogens is 630 g/mol. The van der Waals surface area contributed by atoms with Gasteiger partial charge >= 0.3 is 0 Å². The zero-order valence-electron chi connectivity index (χ0n) is 23.7. The van der Waals surface area contributed by atoms with Crippen molar-refractivity contribution < 1.29 is 24.2 Å². The number of hydrogen-bond acceptors (Lipinski definition) is 6. The number of rotatable bonds is 10. The fraction of sp³-hybridized carbons (Fsp3) is 0.364. The van der Waals surface area contributed by atoms with Gasteiger partial charge < -0.3 is 25.4 Å². The Balaban J connectivity index is 1.35. The van der Waals surface area contributed by atoms with Crippen LogP contribution in [0.2, 0.25) is 0 Å². The summed E-state index contributed by atoms with van der Waals surface area (Å²) in [6.45, 7) is 0.0409. The molecule has 10 heteroatoms. The van der Waals surface area contributed by atoms with Gasteiger partial charge in [-0.25, -0.2) is 0 Å². The number of benzene rings is 3.